The van der Waals surface area contributed by atoms with Crippen molar-refractivity contribution in [3.8, 4) is 0 Å². The Balaban J connectivity index is 2.12. The van der Waals surface area contributed by atoms with Gasteiger partial charge in [0.15, 0.2) is 5.82 Å². The fourth-order valence-electron chi connectivity index (χ4n) is 1.76. The summed E-state index contributed by atoms with van der Waals surface area (Å²) in [6.07, 6.45) is 3.84. The quantitative estimate of drug-likeness (QED) is 0.776. The average molecular weight is 235 g/mol. The molecule has 5 heteroatoms. The van der Waals surface area contributed by atoms with Crippen molar-refractivity contribution >= 4 is 17.5 Å². The summed E-state index contributed by atoms with van der Waals surface area (Å²) in [5.41, 5.74) is 6.48. The van der Waals surface area contributed by atoms with E-state index in [1.54, 1.807) is 25.3 Å². The number of pyridine rings is 1. The maximum atomic E-state index is 11.5. The molecule has 0 amide bonds. The first kappa shape index (κ1) is 11.7. The molecule has 2 rings (SSSR count). The zero-order valence-electron chi connectivity index (χ0n) is 9.93. The third-order valence-electron chi connectivity index (χ3n) is 2.68. The summed E-state index contributed by atoms with van der Waals surface area (Å²) < 4.78 is 4.96. The van der Waals surface area contributed by atoms with Crippen molar-refractivity contribution in [1.29, 1.82) is 0 Å². The zero-order chi connectivity index (χ0) is 12.3. The lowest BCUT2D eigenvalue weighted by Crippen LogP contribution is -2.34. The summed E-state index contributed by atoms with van der Waals surface area (Å²) in [7, 11) is 0. The molecule has 1 saturated carbocycles. The van der Waals surface area contributed by atoms with Gasteiger partial charge < -0.3 is 15.4 Å². The Morgan fingerprint density at radius 1 is 1.65 bits per heavy atom. The number of nitrogens with zero attached hydrogens (tertiary/aromatic N) is 2. The van der Waals surface area contributed by atoms with Crippen LogP contribution in [0.5, 0.6) is 0 Å². The van der Waals surface area contributed by atoms with Crippen LogP contribution < -0.4 is 10.6 Å². The van der Waals surface area contributed by atoms with Crippen molar-refractivity contribution < 1.29 is 9.53 Å². The third kappa shape index (κ3) is 2.87. The smallest absolute Gasteiger partial charge is 0.325 e. The number of nitrogens with two attached hydrogens (primary N) is 1. The van der Waals surface area contributed by atoms with E-state index in [4.69, 9.17) is 10.5 Å². The summed E-state index contributed by atoms with van der Waals surface area (Å²) >= 11 is 0. The normalized spacial score (nSPS) is 14.4. The monoisotopic (exact) mass is 235 g/mol. The van der Waals surface area contributed by atoms with Gasteiger partial charge in [-0.1, -0.05) is 0 Å². The summed E-state index contributed by atoms with van der Waals surface area (Å²) in [4.78, 5) is 17.7. The number of esters is 1. The lowest BCUT2D eigenvalue weighted by atomic mass is 10.3. The molecule has 0 spiro atoms. The van der Waals surface area contributed by atoms with Gasteiger partial charge in [0.25, 0.3) is 0 Å². The van der Waals surface area contributed by atoms with Gasteiger partial charge in [-0.3, -0.25) is 4.79 Å². The van der Waals surface area contributed by atoms with Crippen molar-refractivity contribution in [3.05, 3.63) is 18.3 Å². The molecule has 1 heterocycles. The van der Waals surface area contributed by atoms with Crippen LogP contribution in [0.4, 0.5) is 11.5 Å². The van der Waals surface area contributed by atoms with Gasteiger partial charge in [0.1, 0.15) is 6.54 Å². The Labute approximate surface area is 101 Å². The average Bonchev–Trinajstić information content (AvgIpc) is 3.11. The first-order chi connectivity index (χ1) is 8.22. The molecule has 17 heavy (non-hydrogen) atoms. The molecule has 1 aliphatic rings. The predicted octanol–water partition coefficient (Wildman–Crippen LogP) is 1.20. The van der Waals surface area contributed by atoms with Gasteiger partial charge in [-0.15, -0.1) is 0 Å². The summed E-state index contributed by atoms with van der Waals surface area (Å²) in [5, 5.41) is 0. The second-order valence-electron chi connectivity index (χ2n) is 4.08. The van der Waals surface area contributed by atoms with E-state index in [-0.39, 0.29) is 12.5 Å². The molecule has 92 valence electrons. The highest BCUT2D eigenvalue weighted by Gasteiger charge is 2.32. The summed E-state index contributed by atoms with van der Waals surface area (Å²) in [6.45, 7) is 2.42. The molecular formula is C12H17N3O2. The number of anilines is 2. The van der Waals surface area contributed by atoms with Gasteiger partial charge in [-0.25, -0.2) is 4.98 Å². The molecule has 0 radical (unpaired) electrons. The van der Waals surface area contributed by atoms with E-state index < -0.39 is 0 Å². The van der Waals surface area contributed by atoms with Crippen molar-refractivity contribution in [2.45, 2.75) is 25.8 Å². The zero-order valence-corrected chi connectivity index (χ0v) is 9.93. The van der Waals surface area contributed by atoms with Gasteiger partial charge in [-0.05, 0) is 31.9 Å². The minimum atomic E-state index is -0.232. The predicted molar refractivity (Wildman–Crippen MR) is 65.7 cm³/mol. The van der Waals surface area contributed by atoms with Crippen LogP contribution in [0.25, 0.3) is 0 Å². The number of carbonyl (C=O) groups excluding carboxylic acids is 1. The standard InChI is InChI=1S/C12H17N3O2/c1-2-17-11(16)8-15(9-5-6-9)12-10(13)4-3-7-14-12/h3-4,7,9H,2,5-6,8,13H2,1H3. The Bertz CT molecular complexity index is 404. The number of ether oxygens (including phenoxy) is 1. The van der Waals surface area contributed by atoms with Gasteiger partial charge in [0, 0.05) is 12.2 Å². The molecule has 0 aliphatic heterocycles. The number of rotatable bonds is 5. The lowest BCUT2D eigenvalue weighted by Gasteiger charge is -2.23. The maximum Gasteiger partial charge on any atom is 0.325 e. The number of hydrogen-bond donors (Lipinski definition) is 1. The molecule has 0 aromatic carbocycles. The Hall–Kier alpha value is -1.78. The van der Waals surface area contributed by atoms with Gasteiger partial charge >= 0.3 is 5.97 Å². The fraction of sp³-hybridized carbons (Fsp3) is 0.500. The first-order valence-electron chi connectivity index (χ1n) is 5.85. The molecular weight excluding hydrogens is 218 g/mol. The third-order valence-corrected chi connectivity index (χ3v) is 2.68. The molecule has 1 aliphatic carbocycles. The molecule has 1 aromatic heterocycles. The van der Waals surface area contributed by atoms with Crippen LogP contribution in [0.2, 0.25) is 0 Å². The van der Waals surface area contributed by atoms with E-state index >= 15 is 0 Å². The molecule has 1 fully saturated rings. The Morgan fingerprint density at radius 3 is 3.00 bits per heavy atom. The van der Waals surface area contributed by atoms with Crippen LogP contribution in [0, 0.1) is 0 Å². The van der Waals surface area contributed by atoms with Crippen molar-refractivity contribution in [2.75, 3.05) is 23.8 Å². The first-order valence-corrected chi connectivity index (χ1v) is 5.85. The molecule has 5 nitrogen and oxygen atoms in total. The molecule has 0 saturated heterocycles. The van der Waals surface area contributed by atoms with Gasteiger partial charge in [-0.2, -0.15) is 0 Å². The topological polar surface area (TPSA) is 68.5 Å². The van der Waals surface area contributed by atoms with Crippen LogP contribution in [0.3, 0.4) is 0 Å². The van der Waals surface area contributed by atoms with E-state index in [0.717, 1.165) is 12.8 Å². The fourth-order valence-corrected chi connectivity index (χ4v) is 1.76. The lowest BCUT2D eigenvalue weighted by molar-refractivity contribution is -0.141. The van der Waals surface area contributed by atoms with Crippen molar-refractivity contribution in [2.24, 2.45) is 0 Å². The highest BCUT2D eigenvalue weighted by Crippen LogP contribution is 2.32. The van der Waals surface area contributed by atoms with E-state index in [9.17, 15) is 4.79 Å². The van der Waals surface area contributed by atoms with Gasteiger partial charge in [0.2, 0.25) is 0 Å². The SMILES string of the molecule is CCOC(=O)CN(c1ncccc1N)C1CC1. The second kappa shape index (κ2) is 5.03. The summed E-state index contributed by atoms with van der Waals surface area (Å²) in [6, 6.07) is 3.95. The van der Waals surface area contributed by atoms with Crippen molar-refractivity contribution in [3.63, 3.8) is 0 Å². The van der Waals surface area contributed by atoms with E-state index in [1.165, 1.54) is 0 Å². The largest absolute Gasteiger partial charge is 0.465 e. The maximum absolute atomic E-state index is 11.5. The molecule has 1 aromatic rings. The van der Waals surface area contributed by atoms with E-state index in [1.807, 2.05) is 4.90 Å². The number of nitrogen functional groups attached to an aromatic ring is 1. The van der Waals surface area contributed by atoms with Gasteiger partial charge in [0.05, 0.1) is 12.3 Å². The Morgan fingerprint density at radius 2 is 2.41 bits per heavy atom. The summed E-state index contributed by atoms with van der Waals surface area (Å²) in [5.74, 6) is 0.451. The van der Waals surface area contributed by atoms with E-state index in [0.29, 0.717) is 24.2 Å². The number of aromatic nitrogens is 1. The van der Waals surface area contributed by atoms with Crippen LogP contribution in [0.1, 0.15) is 19.8 Å². The molecule has 0 bridgehead atoms. The van der Waals surface area contributed by atoms with Crippen molar-refractivity contribution in [1.82, 2.24) is 4.98 Å². The highest BCUT2D eigenvalue weighted by molar-refractivity contribution is 5.78. The van der Waals surface area contributed by atoms with Crippen LogP contribution in [-0.4, -0.2) is 30.1 Å². The van der Waals surface area contributed by atoms with Crippen LogP contribution in [-0.2, 0) is 9.53 Å². The van der Waals surface area contributed by atoms with Crippen LogP contribution in [0.15, 0.2) is 18.3 Å². The highest BCUT2D eigenvalue weighted by atomic mass is 16.5. The minimum Gasteiger partial charge on any atom is -0.465 e. The molecule has 0 unspecified atom stereocenters. The number of hydrogen-bond acceptors (Lipinski definition) is 5. The molecule has 0 atom stereocenters. The van der Waals surface area contributed by atoms with E-state index in [2.05, 4.69) is 4.98 Å². The second-order valence-corrected chi connectivity index (χ2v) is 4.08. The van der Waals surface area contributed by atoms with Crippen LogP contribution >= 0.6 is 0 Å². The Kier molecular flexibility index (Phi) is 3.46. The molecule has 2 N–H and O–H groups in total. The number of carbonyl (C=O) groups is 1. The minimum absolute atomic E-state index is 0.222.